The highest BCUT2D eigenvalue weighted by Gasteiger charge is 1.99. The lowest BCUT2D eigenvalue weighted by molar-refractivity contribution is 0.410. The van der Waals surface area contributed by atoms with Crippen molar-refractivity contribution in [3.63, 3.8) is 0 Å². The van der Waals surface area contributed by atoms with Gasteiger partial charge in [-0.2, -0.15) is 0 Å². The predicted octanol–water partition coefficient (Wildman–Crippen LogP) is 3.27. The van der Waals surface area contributed by atoms with Crippen LogP contribution in [0, 0.1) is 0 Å². The molecule has 0 saturated carbocycles. The van der Waals surface area contributed by atoms with Gasteiger partial charge in [0.1, 0.15) is 11.6 Å². The van der Waals surface area contributed by atoms with E-state index in [1.807, 2.05) is 66.7 Å². The van der Waals surface area contributed by atoms with Gasteiger partial charge in [0, 0.05) is 5.56 Å². The van der Waals surface area contributed by atoms with Crippen LogP contribution in [0.5, 0.6) is 5.75 Å². The average molecular weight is 266 g/mol. The number of rotatable bonds is 5. The van der Waals surface area contributed by atoms with Crippen molar-refractivity contribution in [1.29, 1.82) is 0 Å². The summed E-state index contributed by atoms with van der Waals surface area (Å²) in [6, 6.07) is 17.8. The molecule has 0 saturated heterocycles. The van der Waals surface area contributed by atoms with Gasteiger partial charge in [-0.3, -0.25) is 4.99 Å². The van der Waals surface area contributed by atoms with Crippen LogP contribution < -0.4 is 10.5 Å². The molecule has 2 aromatic carbocycles. The van der Waals surface area contributed by atoms with Crippen molar-refractivity contribution in [3.05, 3.63) is 71.8 Å². The summed E-state index contributed by atoms with van der Waals surface area (Å²) < 4.78 is 5.28. The predicted molar refractivity (Wildman–Crippen MR) is 83.8 cm³/mol. The SMILES string of the molecule is COc1ccccc1CN=C(N)/C=C/c1ccccc1. The number of methoxy groups -OCH3 is 1. The molecular weight excluding hydrogens is 248 g/mol. The van der Waals surface area contributed by atoms with Gasteiger partial charge in [0.2, 0.25) is 0 Å². The number of ether oxygens (including phenoxy) is 1. The van der Waals surface area contributed by atoms with Crippen LogP contribution in [0.1, 0.15) is 11.1 Å². The van der Waals surface area contributed by atoms with E-state index in [4.69, 9.17) is 10.5 Å². The number of hydrogen-bond acceptors (Lipinski definition) is 2. The van der Waals surface area contributed by atoms with Crippen LogP contribution in [0.15, 0.2) is 65.7 Å². The molecule has 0 bridgehead atoms. The van der Waals surface area contributed by atoms with Crippen LogP contribution in [0.25, 0.3) is 6.08 Å². The highest BCUT2D eigenvalue weighted by Crippen LogP contribution is 2.17. The molecule has 2 rings (SSSR count). The summed E-state index contributed by atoms with van der Waals surface area (Å²) in [5.74, 6) is 1.33. The summed E-state index contributed by atoms with van der Waals surface area (Å²) in [6.45, 7) is 0.509. The van der Waals surface area contributed by atoms with Gasteiger partial charge in [0.05, 0.1) is 13.7 Å². The Kier molecular flexibility index (Phi) is 4.95. The third kappa shape index (κ3) is 3.99. The standard InChI is InChI=1S/C17H18N2O/c1-20-16-10-6-5-9-15(16)13-19-17(18)12-11-14-7-3-2-4-8-14/h2-12H,13H2,1H3,(H2,18,19)/b12-11+. The van der Waals surface area contributed by atoms with E-state index in [-0.39, 0.29) is 0 Å². The number of nitrogens with two attached hydrogens (primary N) is 1. The second kappa shape index (κ2) is 7.14. The first-order chi connectivity index (χ1) is 9.79. The van der Waals surface area contributed by atoms with E-state index in [1.54, 1.807) is 7.11 Å². The molecule has 0 amide bonds. The first-order valence-corrected chi connectivity index (χ1v) is 6.44. The summed E-state index contributed by atoms with van der Waals surface area (Å²) in [5, 5.41) is 0. The summed E-state index contributed by atoms with van der Waals surface area (Å²) in [5.41, 5.74) is 8.00. The largest absolute Gasteiger partial charge is 0.496 e. The third-order valence-corrected chi connectivity index (χ3v) is 2.87. The van der Waals surface area contributed by atoms with Crippen molar-refractivity contribution in [2.45, 2.75) is 6.54 Å². The van der Waals surface area contributed by atoms with Crippen LogP contribution in [0.4, 0.5) is 0 Å². The molecule has 102 valence electrons. The Labute approximate surface area is 119 Å². The summed E-state index contributed by atoms with van der Waals surface area (Å²) in [6.07, 6.45) is 3.76. The molecule has 0 aromatic heterocycles. The van der Waals surface area contributed by atoms with Gasteiger partial charge in [-0.15, -0.1) is 0 Å². The fourth-order valence-electron chi connectivity index (χ4n) is 1.81. The van der Waals surface area contributed by atoms with E-state index >= 15 is 0 Å². The second-order valence-corrected chi connectivity index (χ2v) is 4.30. The van der Waals surface area contributed by atoms with Gasteiger partial charge in [-0.25, -0.2) is 0 Å². The van der Waals surface area contributed by atoms with Gasteiger partial charge < -0.3 is 10.5 Å². The van der Waals surface area contributed by atoms with Crippen LogP contribution in [-0.2, 0) is 6.54 Å². The van der Waals surface area contributed by atoms with Crippen molar-refractivity contribution in [2.24, 2.45) is 10.7 Å². The lowest BCUT2D eigenvalue weighted by atomic mass is 10.2. The van der Waals surface area contributed by atoms with Crippen molar-refractivity contribution >= 4 is 11.9 Å². The molecule has 0 aliphatic heterocycles. The van der Waals surface area contributed by atoms with Gasteiger partial charge in [-0.1, -0.05) is 54.6 Å². The monoisotopic (exact) mass is 266 g/mol. The van der Waals surface area contributed by atoms with E-state index < -0.39 is 0 Å². The Morgan fingerprint density at radius 2 is 1.80 bits per heavy atom. The zero-order chi connectivity index (χ0) is 14.2. The average Bonchev–Trinajstić information content (AvgIpc) is 2.52. The minimum atomic E-state index is 0.500. The zero-order valence-corrected chi connectivity index (χ0v) is 11.5. The molecule has 0 heterocycles. The van der Waals surface area contributed by atoms with Crippen molar-refractivity contribution in [2.75, 3.05) is 7.11 Å². The lowest BCUT2D eigenvalue weighted by Crippen LogP contribution is -2.08. The van der Waals surface area contributed by atoms with Crippen molar-refractivity contribution in [1.82, 2.24) is 0 Å². The van der Waals surface area contributed by atoms with Gasteiger partial charge in [0.15, 0.2) is 0 Å². The van der Waals surface area contributed by atoms with Crippen molar-refractivity contribution in [3.8, 4) is 5.75 Å². The number of para-hydroxylation sites is 1. The number of aliphatic imine (C=N–C) groups is 1. The Morgan fingerprint density at radius 3 is 2.55 bits per heavy atom. The van der Waals surface area contributed by atoms with Crippen LogP contribution in [0.2, 0.25) is 0 Å². The van der Waals surface area contributed by atoms with E-state index in [9.17, 15) is 0 Å². The van der Waals surface area contributed by atoms with E-state index in [2.05, 4.69) is 4.99 Å². The van der Waals surface area contributed by atoms with Gasteiger partial charge >= 0.3 is 0 Å². The molecule has 2 aromatic rings. The normalized spacial score (nSPS) is 11.8. The summed E-state index contributed by atoms with van der Waals surface area (Å²) in [4.78, 5) is 4.35. The molecule has 3 nitrogen and oxygen atoms in total. The Bertz CT molecular complexity index is 603. The van der Waals surface area contributed by atoms with Crippen molar-refractivity contribution < 1.29 is 4.74 Å². The Balaban J connectivity index is 2.02. The molecule has 0 fully saturated rings. The molecule has 0 spiro atoms. The smallest absolute Gasteiger partial charge is 0.123 e. The first kappa shape index (κ1) is 13.9. The van der Waals surface area contributed by atoms with E-state index in [1.165, 1.54) is 0 Å². The number of hydrogen-bond donors (Lipinski definition) is 1. The molecular formula is C17H18N2O. The fourth-order valence-corrected chi connectivity index (χ4v) is 1.81. The minimum Gasteiger partial charge on any atom is -0.496 e. The molecule has 3 heteroatoms. The second-order valence-electron chi connectivity index (χ2n) is 4.30. The first-order valence-electron chi connectivity index (χ1n) is 6.44. The van der Waals surface area contributed by atoms with Crippen LogP contribution in [0.3, 0.4) is 0 Å². The van der Waals surface area contributed by atoms with Crippen LogP contribution >= 0.6 is 0 Å². The number of nitrogens with zero attached hydrogens (tertiary/aromatic N) is 1. The lowest BCUT2D eigenvalue weighted by Gasteiger charge is -2.05. The zero-order valence-electron chi connectivity index (χ0n) is 11.5. The van der Waals surface area contributed by atoms with E-state index in [0.717, 1.165) is 16.9 Å². The summed E-state index contributed by atoms with van der Waals surface area (Å²) >= 11 is 0. The molecule has 20 heavy (non-hydrogen) atoms. The third-order valence-electron chi connectivity index (χ3n) is 2.87. The summed E-state index contributed by atoms with van der Waals surface area (Å²) in [7, 11) is 1.65. The molecule has 0 radical (unpaired) electrons. The molecule has 0 unspecified atom stereocenters. The molecule has 0 atom stereocenters. The molecule has 0 aliphatic rings. The molecule has 0 aliphatic carbocycles. The Morgan fingerprint density at radius 1 is 1.10 bits per heavy atom. The topological polar surface area (TPSA) is 47.6 Å². The maximum Gasteiger partial charge on any atom is 0.123 e. The maximum atomic E-state index is 5.88. The fraction of sp³-hybridized carbons (Fsp3) is 0.118. The van der Waals surface area contributed by atoms with E-state index in [0.29, 0.717) is 12.4 Å². The minimum absolute atomic E-state index is 0.500. The Hall–Kier alpha value is -2.55. The van der Waals surface area contributed by atoms with Crippen LogP contribution in [-0.4, -0.2) is 12.9 Å². The van der Waals surface area contributed by atoms with Gasteiger partial charge in [-0.05, 0) is 17.7 Å². The van der Waals surface area contributed by atoms with Gasteiger partial charge in [0.25, 0.3) is 0 Å². The number of amidine groups is 1. The number of benzene rings is 2. The highest BCUT2D eigenvalue weighted by molar-refractivity contribution is 5.95. The highest BCUT2D eigenvalue weighted by atomic mass is 16.5. The quantitative estimate of drug-likeness (QED) is 0.667. The molecule has 2 N–H and O–H groups in total. The maximum absolute atomic E-state index is 5.88.